The van der Waals surface area contributed by atoms with Crippen LogP contribution in [0.2, 0.25) is 0 Å². The van der Waals surface area contributed by atoms with Gasteiger partial charge in [0.2, 0.25) is 0 Å². The molecule has 0 aromatic heterocycles. The molecule has 0 radical (unpaired) electrons. The number of methoxy groups -OCH3 is 2. The van der Waals surface area contributed by atoms with Gasteiger partial charge in [0.05, 0.1) is 20.3 Å². The van der Waals surface area contributed by atoms with Crippen molar-refractivity contribution in [2.24, 2.45) is 0 Å². The number of hydrogen-bond acceptors (Lipinski definition) is 9. The Hall–Kier alpha value is -4.15. The number of esters is 2. The van der Waals surface area contributed by atoms with E-state index in [-0.39, 0.29) is 0 Å². The van der Waals surface area contributed by atoms with Crippen molar-refractivity contribution in [1.29, 1.82) is 0 Å². The van der Waals surface area contributed by atoms with Crippen molar-refractivity contribution >= 4 is 30.1 Å². The molecule has 10 heteroatoms. The molecule has 0 unspecified atom stereocenters. The van der Waals surface area contributed by atoms with E-state index in [1.165, 1.54) is 26.4 Å². The number of ether oxygens (including phenoxy) is 4. The number of aliphatic hydroxyl groups is 2. The standard InChI is InChI=1S/C27H28O10/c1-34-19-9-3-17(4-10-19)7-13-23(29)36-22-16-27(33,26(31)32)15-21(28)25(22)37-24(30)14-8-18-5-11-20(35-2)12-6-18/h3-14,21-22,25,28,33H,15-16H2,1-2H3,(H,31,32)/b13-7+,14-8+/t21-,22-,25+,27-/m1/s1. The quantitative estimate of drug-likeness (QED) is 0.337. The minimum Gasteiger partial charge on any atom is -0.497 e. The van der Waals surface area contributed by atoms with E-state index >= 15 is 0 Å². The molecule has 37 heavy (non-hydrogen) atoms. The first-order valence-electron chi connectivity index (χ1n) is 11.3. The van der Waals surface area contributed by atoms with E-state index in [1.807, 2.05) is 0 Å². The number of carboxylic acids is 1. The summed E-state index contributed by atoms with van der Waals surface area (Å²) in [6.45, 7) is 0. The molecule has 196 valence electrons. The van der Waals surface area contributed by atoms with Gasteiger partial charge in [0.15, 0.2) is 11.7 Å². The van der Waals surface area contributed by atoms with Crippen LogP contribution in [0.5, 0.6) is 11.5 Å². The fourth-order valence-corrected chi connectivity index (χ4v) is 3.80. The maximum absolute atomic E-state index is 12.5. The number of carbonyl (C=O) groups is 3. The van der Waals surface area contributed by atoms with Crippen molar-refractivity contribution in [2.75, 3.05) is 14.2 Å². The molecule has 0 heterocycles. The summed E-state index contributed by atoms with van der Waals surface area (Å²) < 4.78 is 20.8. The van der Waals surface area contributed by atoms with Crippen LogP contribution in [0.3, 0.4) is 0 Å². The third kappa shape index (κ3) is 7.42. The highest BCUT2D eigenvalue weighted by molar-refractivity contribution is 5.88. The zero-order valence-electron chi connectivity index (χ0n) is 20.3. The molecule has 1 fully saturated rings. The molecule has 0 saturated heterocycles. The molecule has 10 nitrogen and oxygen atoms in total. The van der Waals surface area contributed by atoms with Crippen molar-refractivity contribution in [3.63, 3.8) is 0 Å². The average molecular weight is 513 g/mol. The first kappa shape index (κ1) is 27.4. The molecule has 0 amide bonds. The molecule has 4 atom stereocenters. The predicted octanol–water partition coefficient (Wildman–Crippen LogP) is 2.22. The monoisotopic (exact) mass is 512 g/mol. The highest BCUT2D eigenvalue weighted by atomic mass is 16.6. The van der Waals surface area contributed by atoms with Gasteiger partial charge in [-0.1, -0.05) is 24.3 Å². The van der Waals surface area contributed by atoms with Gasteiger partial charge in [0, 0.05) is 25.0 Å². The van der Waals surface area contributed by atoms with E-state index in [0.717, 1.165) is 12.2 Å². The van der Waals surface area contributed by atoms with Crippen molar-refractivity contribution in [3.05, 3.63) is 71.8 Å². The van der Waals surface area contributed by atoms with Gasteiger partial charge in [-0.25, -0.2) is 14.4 Å². The number of hydrogen-bond donors (Lipinski definition) is 3. The molecule has 0 bridgehead atoms. The maximum Gasteiger partial charge on any atom is 0.335 e. The number of aliphatic carboxylic acids is 1. The van der Waals surface area contributed by atoms with Crippen LogP contribution in [0.25, 0.3) is 12.2 Å². The topological polar surface area (TPSA) is 149 Å². The minimum absolute atomic E-state index is 0.582. The van der Waals surface area contributed by atoms with Gasteiger partial charge in [-0.3, -0.25) is 0 Å². The second-order valence-corrected chi connectivity index (χ2v) is 8.40. The Labute approximate surface area is 213 Å². The summed E-state index contributed by atoms with van der Waals surface area (Å²) in [5, 5.41) is 30.4. The van der Waals surface area contributed by atoms with Gasteiger partial charge in [-0.05, 0) is 47.5 Å². The smallest absolute Gasteiger partial charge is 0.335 e. The molecule has 0 spiro atoms. The maximum atomic E-state index is 12.5. The molecule has 3 N–H and O–H groups in total. The number of carboxylic acid groups (broad SMARTS) is 1. The van der Waals surface area contributed by atoms with E-state index in [2.05, 4.69) is 0 Å². The van der Waals surface area contributed by atoms with Gasteiger partial charge in [-0.15, -0.1) is 0 Å². The van der Waals surface area contributed by atoms with Crippen LogP contribution in [-0.4, -0.2) is 71.4 Å². The van der Waals surface area contributed by atoms with E-state index < -0.39 is 54.7 Å². The van der Waals surface area contributed by atoms with Gasteiger partial charge in [0.1, 0.15) is 17.6 Å². The van der Waals surface area contributed by atoms with Crippen molar-refractivity contribution in [1.82, 2.24) is 0 Å². The Bertz CT molecular complexity index is 1150. The summed E-state index contributed by atoms with van der Waals surface area (Å²) in [7, 11) is 3.05. The summed E-state index contributed by atoms with van der Waals surface area (Å²) >= 11 is 0. The van der Waals surface area contributed by atoms with Crippen LogP contribution >= 0.6 is 0 Å². The van der Waals surface area contributed by atoms with E-state index in [0.29, 0.717) is 22.6 Å². The molecular formula is C27H28O10. The average Bonchev–Trinajstić information content (AvgIpc) is 2.88. The number of rotatable bonds is 9. The highest BCUT2D eigenvalue weighted by Gasteiger charge is 2.52. The number of carbonyl (C=O) groups excluding carboxylic acids is 2. The van der Waals surface area contributed by atoms with Crippen molar-refractivity contribution in [2.45, 2.75) is 36.8 Å². The Morgan fingerprint density at radius 3 is 1.70 bits per heavy atom. The number of benzene rings is 2. The fourth-order valence-electron chi connectivity index (χ4n) is 3.80. The predicted molar refractivity (Wildman–Crippen MR) is 132 cm³/mol. The molecule has 3 rings (SSSR count). The number of aliphatic hydroxyl groups excluding tert-OH is 1. The Kier molecular flexibility index (Phi) is 9.05. The lowest BCUT2D eigenvalue weighted by molar-refractivity contribution is -0.204. The molecule has 2 aromatic carbocycles. The lowest BCUT2D eigenvalue weighted by atomic mass is 9.79. The Morgan fingerprint density at radius 1 is 0.811 bits per heavy atom. The minimum atomic E-state index is -2.37. The molecule has 1 aliphatic rings. The third-order valence-electron chi connectivity index (χ3n) is 5.80. The van der Waals surface area contributed by atoms with Crippen LogP contribution < -0.4 is 9.47 Å². The zero-order valence-corrected chi connectivity index (χ0v) is 20.3. The fraction of sp³-hybridized carbons (Fsp3) is 0.296. The van der Waals surface area contributed by atoms with E-state index in [4.69, 9.17) is 18.9 Å². The van der Waals surface area contributed by atoms with Crippen LogP contribution in [-0.2, 0) is 23.9 Å². The lowest BCUT2D eigenvalue weighted by Crippen LogP contribution is -2.58. The Balaban J connectivity index is 1.72. The summed E-state index contributed by atoms with van der Waals surface area (Å²) in [6, 6.07) is 13.6. The van der Waals surface area contributed by atoms with Crippen molar-refractivity contribution in [3.8, 4) is 11.5 Å². The van der Waals surface area contributed by atoms with Gasteiger partial charge >= 0.3 is 17.9 Å². The van der Waals surface area contributed by atoms with Crippen LogP contribution in [0.15, 0.2) is 60.7 Å². The summed E-state index contributed by atoms with van der Waals surface area (Å²) in [6.07, 6.45) is -0.453. The normalized spacial score (nSPS) is 23.5. The molecule has 1 saturated carbocycles. The van der Waals surface area contributed by atoms with Crippen LogP contribution in [0, 0.1) is 0 Å². The largest absolute Gasteiger partial charge is 0.497 e. The molecule has 1 aliphatic carbocycles. The van der Waals surface area contributed by atoms with Gasteiger partial charge in [0.25, 0.3) is 0 Å². The molecular weight excluding hydrogens is 484 g/mol. The Morgan fingerprint density at radius 2 is 1.27 bits per heavy atom. The van der Waals surface area contributed by atoms with Crippen molar-refractivity contribution < 1.29 is 48.7 Å². The first-order chi connectivity index (χ1) is 17.6. The SMILES string of the molecule is COc1ccc(/C=C/C(=O)O[C@H]2[C@H](O)C[C@](O)(C(=O)O)C[C@H]2OC(=O)/C=C/c2ccc(OC)cc2)cc1. The summed E-state index contributed by atoms with van der Waals surface area (Å²) in [5.74, 6) is -2.05. The zero-order chi connectivity index (χ0) is 27.0. The van der Waals surface area contributed by atoms with E-state index in [9.17, 15) is 29.7 Å². The van der Waals surface area contributed by atoms with Gasteiger partial charge in [-0.2, -0.15) is 0 Å². The van der Waals surface area contributed by atoms with Crippen LogP contribution in [0.4, 0.5) is 0 Å². The summed E-state index contributed by atoms with van der Waals surface area (Å²) in [4.78, 5) is 36.5. The highest BCUT2D eigenvalue weighted by Crippen LogP contribution is 2.33. The first-order valence-corrected chi connectivity index (χ1v) is 11.3. The summed E-state index contributed by atoms with van der Waals surface area (Å²) in [5.41, 5.74) is -1.03. The molecule has 0 aliphatic heterocycles. The van der Waals surface area contributed by atoms with Crippen LogP contribution in [0.1, 0.15) is 24.0 Å². The third-order valence-corrected chi connectivity index (χ3v) is 5.80. The second kappa shape index (κ2) is 12.2. The molecule has 2 aromatic rings. The second-order valence-electron chi connectivity index (χ2n) is 8.40. The van der Waals surface area contributed by atoms with E-state index in [1.54, 1.807) is 48.5 Å². The van der Waals surface area contributed by atoms with Gasteiger partial charge < -0.3 is 34.3 Å². The lowest BCUT2D eigenvalue weighted by Gasteiger charge is -2.40.